The van der Waals surface area contributed by atoms with Gasteiger partial charge in [0, 0.05) is 17.7 Å². The maximum atomic E-state index is 11.4. The molecule has 20 heavy (non-hydrogen) atoms. The van der Waals surface area contributed by atoms with Gasteiger partial charge in [0.1, 0.15) is 12.4 Å². The van der Waals surface area contributed by atoms with Gasteiger partial charge in [-0.15, -0.1) is 11.3 Å². The van der Waals surface area contributed by atoms with E-state index in [-0.39, 0.29) is 42.7 Å². The molecule has 0 unspecified atom stereocenters. The number of amides is 2. The van der Waals surface area contributed by atoms with Gasteiger partial charge in [-0.25, -0.2) is 4.79 Å². The first-order valence-electron chi connectivity index (χ1n) is 6.35. The minimum absolute atomic E-state index is 0.109. The van der Waals surface area contributed by atoms with Crippen LogP contribution < -0.4 is 4.74 Å². The van der Waals surface area contributed by atoms with Crippen molar-refractivity contribution in [2.45, 2.75) is 26.2 Å². The van der Waals surface area contributed by atoms with Crippen molar-refractivity contribution in [1.82, 2.24) is 4.90 Å². The number of thiophene rings is 1. The number of hydrogen-bond donors (Lipinski definition) is 1. The van der Waals surface area contributed by atoms with E-state index in [1.165, 1.54) is 11.3 Å². The van der Waals surface area contributed by atoms with Crippen molar-refractivity contribution in [3.05, 3.63) is 15.8 Å². The zero-order chi connectivity index (χ0) is 14.7. The Hall–Kier alpha value is -1.89. The molecule has 0 aliphatic carbocycles. The standard InChI is InChI=1S/C13H15NO5S/c1-2-8-7-9(12(20-8)13(17)18)19-6-5-14-10(15)3-4-11(14)16/h7H,2-6H2,1H3,(H,17,18). The van der Waals surface area contributed by atoms with Crippen molar-refractivity contribution in [1.29, 1.82) is 0 Å². The second-order valence-corrected chi connectivity index (χ2v) is 5.49. The normalized spacial score (nSPS) is 14.9. The number of aromatic carboxylic acids is 1. The Morgan fingerprint density at radius 2 is 2.05 bits per heavy atom. The number of carbonyl (C=O) groups is 3. The van der Waals surface area contributed by atoms with Crippen molar-refractivity contribution in [3.63, 3.8) is 0 Å². The van der Waals surface area contributed by atoms with Crippen molar-refractivity contribution in [2.24, 2.45) is 0 Å². The van der Waals surface area contributed by atoms with Crippen LogP contribution in [0.25, 0.3) is 0 Å². The van der Waals surface area contributed by atoms with Crippen LogP contribution in [-0.2, 0) is 16.0 Å². The summed E-state index contributed by atoms with van der Waals surface area (Å²) in [5.74, 6) is -1.12. The van der Waals surface area contributed by atoms with Crippen molar-refractivity contribution < 1.29 is 24.2 Å². The molecule has 108 valence electrons. The quantitative estimate of drug-likeness (QED) is 0.805. The van der Waals surface area contributed by atoms with Crippen molar-refractivity contribution >= 4 is 29.1 Å². The number of aryl methyl sites for hydroxylation is 1. The first kappa shape index (κ1) is 14.5. The molecule has 1 saturated heterocycles. The summed E-state index contributed by atoms with van der Waals surface area (Å²) >= 11 is 1.18. The maximum Gasteiger partial charge on any atom is 0.349 e. The lowest BCUT2D eigenvalue weighted by atomic mass is 10.3. The topological polar surface area (TPSA) is 83.9 Å². The summed E-state index contributed by atoms with van der Waals surface area (Å²) in [6, 6.07) is 1.70. The van der Waals surface area contributed by atoms with Gasteiger partial charge < -0.3 is 9.84 Å². The molecule has 0 radical (unpaired) electrons. The van der Waals surface area contributed by atoms with E-state index in [4.69, 9.17) is 9.84 Å². The molecule has 0 spiro atoms. The summed E-state index contributed by atoms with van der Waals surface area (Å²) in [6.45, 7) is 2.20. The maximum absolute atomic E-state index is 11.4. The monoisotopic (exact) mass is 297 g/mol. The highest BCUT2D eigenvalue weighted by atomic mass is 32.1. The molecule has 7 heteroatoms. The molecular weight excluding hydrogens is 282 g/mol. The Labute approximate surface area is 120 Å². The van der Waals surface area contributed by atoms with Gasteiger partial charge in [-0.05, 0) is 12.5 Å². The summed E-state index contributed by atoms with van der Waals surface area (Å²) in [7, 11) is 0. The molecule has 0 aromatic carbocycles. The van der Waals surface area contributed by atoms with Gasteiger partial charge in [0.05, 0.1) is 6.54 Å². The predicted molar refractivity (Wildman–Crippen MR) is 72.1 cm³/mol. The number of ether oxygens (including phenoxy) is 1. The fourth-order valence-corrected chi connectivity index (χ4v) is 2.85. The third-order valence-corrected chi connectivity index (χ3v) is 4.27. The average molecular weight is 297 g/mol. The molecule has 0 atom stereocenters. The molecule has 0 saturated carbocycles. The summed E-state index contributed by atoms with van der Waals surface area (Å²) < 4.78 is 5.42. The molecule has 1 fully saturated rings. The number of nitrogens with zero attached hydrogens (tertiary/aromatic N) is 1. The molecule has 1 aromatic rings. The lowest BCUT2D eigenvalue weighted by Crippen LogP contribution is -2.33. The van der Waals surface area contributed by atoms with Gasteiger partial charge >= 0.3 is 5.97 Å². The summed E-state index contributed by atoms with van der Waals surface area (Å²) in [4.78, 5) is 36.1. The van der Waals surface area contributed by atoms with Gasteiger partial charge in [-0.2, -0.15) is 0 Å². The molecular formula is C13H15NO5S. The Morgan fingerprint density at radius 3 is 2.60 bits per heavy atom. The van der Waals surface area contributed by atoms with E-state index in [1.54, 1.807) is 6.07 Å². The Balaban J connectivity index is 1.97. The van der Waals surface area contributed by atoms with E-state index in [0.29, 0.717) is 5.75 Å². The van der Waals surface area contributed by atoms with Crippen molar-refractivity contribution in [3.8, 4) is 5.75 Å². The molecule has 1 aromatic heterocycles. The Morgan fingerprint density at radius 1 is 1.40 bits per heavy atom. The van der Waals surface area contributed by atoms with Crippen LogP contribution in [0.4, 0.5) is 0 Å². The largest absolute Gasteiger partial charge is 0.490 e. The highest BCUT2D eigenvalue weighted by Gasteiger charge is 2.28. The number of carboxylic acids is 1. The van der Waals surface area contributed by atoms with E-state index >= 15 is 0 Å². The number of carboxylic acid groups (broad SMARTS) is 1. The second kappa shape index (κ2) is 6.04. The second-order valence-electron chi connectivity index (χ2n) is 4.35. The number of carbonyl (C=O) groups excluding carboxylic acids is 2. The van der Waals surface area contributed by atoms with E-state index in [2.05, 4.69) is 0 Å². The predicted octanol–water partition coefficient (Wildman–Crippen LogP) is 1.54. The molecule has 2 rings (SSSR count). The molecule has 2 amide bonds. The smallest absolute Gasteiger partial charge is 0.349 e. The first-order chi connectivity index (χ1) is 9.52. The van der Waals surface area contributed by atoms with Crippen LogP contribution >= 0.6 is 11.3 Å². The third kappa shape index (κ3) is 2.98. The van der Waals surface area contributed by atoms with E-state index in [0.717, 1.165) is 16.2 Å². The fraction of sp³-hybridized carbons (Fsp3) is 0.462. The summed E-state index contributed by atoms with van der Waals surface area (Å²) in [5, 5.41) is 9.08. The molecule has 6 nitrogen and oxygen atoms in total. The van der Waals surface area contributed by atoms with Crippen LogP contribution in [0.15, 0.2) is 6.07 Å². The summed E-state index contributed by atoms with van der Waals surface area (Å²) in [6.07, 6.45) is 1.23. The molecule has 0 bridgehead atoms. The molecule has 1 aliphatic heterocycles. The number of rotatable bonds is 6. The van der Waals surface area contributed by atoms with E-state index in [1.807, 2.05) is 6.92 Å². The number of likely N-dealkylation sites (tertiary alicyclic amines) is 1. The highest BCUT2D eigenvalue weighted by molar-refractivity contribution is 7.14. The van der Waals surface area contributed by atoms with Gasteiger partial charge in [0.25, 0.3) is 0 Å². The van der Waals surface area contributed by atoms with Crippen LogP contribution in [0.5, 0.6) is 5.75 Å². The number of hydrogen-bond acceptors (Lipinski definition) is 5. The number of imide groups is 1. The minimum Gasteiger partial charge on any atom is -0.490 e. The minimum atomic E-state index is -1.03. The van der Waals surface area contributed by atoms with Gasteiger partial charge in [0.15, 0.2) is 4.88 Å². The average Bonchev–Trinajstić information content (AvgIpc) is 2.96. The molecule has 1 N–H and O–H groups in total. The lowest BCUT2D eigenvalue weighted by Gasteiger charge is -2.13. The lowest BCUT2D eigenvalue weighted by molar-refractivity contribution is -0.138. The first-order valence-corrected chi connectivity index (χ1v) is 7.16. The highest BCUT2D eigenvalue weighted by Crippen LogP contribution is 2.29. The zero-order valence-corrected chi connectivity index (χ0v) is 11.9. The summed E-state index contributed by atoms with van der Waals surface area (Å²) in [5.41, 5.74) is 0. The Kier molecular flexibility index (Phi) is 4.39. The van der Waals surface area contributed by atoms with Gasteiger partial charge in [-0.1, -0.05) is 6.92 Å². The van der Waals surface area contributed by atoms with Gasteiger partial charge in [-0.3, -0.25) is 14.5 Å². The Bertz CT molecular complexity index is 535. The zero-order valence-electron chi connectivity index (χ0n) is 11.0. The van der Waals surface area contributed by atoms with Crippen LogP contribution in [-0.4, -0.2) is 40.9 Å². The SMILES string of the molecule is CCc1cc(OCCN2C(=O)CCC2=O)c(C(=O)O)s1. The van der Waals surface area contributed by atoms with Crippen LogP contribution in [0.3, 0.4) is 0 Å². The van der Waals surface area contributed by atoms with E-state index < -0.39 is 5.97 Å². The van der Waals surface area contributed by atoms with Crippen LogP contribution in [0.2, 0.25) is 0 Å². The molecule has 1 aliphatic rings. The van der Waals surface area contributed by atoms with Crippen LogP contribution in [0.1, 0.15) is 34.3 Å². The van der Waals surface area contributed by atoms with Gasteiger partial charge in [0.2, 0.25) is 11.8 Å². The van der Waals surface area contributed by atoms with Crippen LogP contribution in [0, 0.1) is 0 Å². The molecule has 2 heterocycles. The van der Waals surface area contributed by atoms with E-state index in [9.17, 15) is 14.4 Å². The van der Waals surface area contributed by atoms with Crippen molar-refractivity contribution in [2.75, 3.05) is 13.2 Å². The fourth-order valence-electron chi connectivity index (χ4n) is 1.97. The third-order valence-electron chi connectivity index (χ3n) is 3.02.